The highest BCUT2D eigenvalue weighted by Crippen LogP contribution is 2.28. The van der Waals surface area contributed by atoms with E-state index in [2.05, 4.69) is 0 Å². The topological polar surface area (TPSA) is 17.1 Å². The predicted octanol–water partition coefficient (Wildman–Crippen LogP) is 3.38. The molecule has 0 aliphatic rings. The number of hydrogen-bond acceptors (Lipinski definition) is 2. The van der Waals surface area contributed by atoms with Gasteiger partial charge in [-0.3, -0.25) is 4.79 Å². The standard InChI is InChI=1S/C9H14F4OS/c1-2-8(14)15-5-3-4-9(12,13)7(11)6-10/h7H,2-6H2,1H3. The number of carbonyl (C=O) groups is 1. The molecule has 0 spiro atoms. The van der Waals surface area contributed by atoms with Crippen molar-refractivity contribution in [3.05, 3.63) is 0 Å². The molecule has 0 amide bonds. The lowest BCUT2D eigenvalue weighted by atomic mass is 10.1. The lowest BCUT2D eigenvalue weighted by molar-refractivity contribution is -0.110. The molecule has 0 heterocycles. The Bertz CT molecular complexity index is 199. The number of alkyl halides is 4. The fourth-order valence-electron chi connectivity index (χ4n) is 0.865. The molecule has 0 aromatic rings. The Labute approximate surface area is 90.6 Å². The van der Waals surface area contributed by atoms with Crippen LogP contribution < -0.4 is 0 Å². The Morgan fingerprint density at radius 3 is 2.53 bits per heavy atom. The van der Waals surface area contributed by atoms with Crippen molar-refractivity contribution >= 4 is 16.9 Å². The molecule has 0 saturated heterocycles. The molecule has 0 bridgehead atoms. The van der Waals surface area contributed by atoms with E-state index in [0.29, 0.717) is 6.42 Å². The van der Waals surface area contributed by atoms with Gasteiger partial charge in [-0.1, -0.05) is 18.7 Å². The van der Waals surface area contributed by atoms with Crippen LogP contribution in [-0.4, -0.2) is 29.6 Å². The SMILES string of the molecule is CCC(=O)SCCCC(F)(F)C(F)CF. The molecule has 6 heteroatoms. The van der Waals surface area contributed by atoms with E-state index in [1.807, 2.05) is 0 Å². The van der Waals surface area contributed by atoms with Gasteiger partial charge in [0.2, 0.25) is 0 Å². The first-order valence-electron chi connectivity index (χ1n) is 4.67. The third-order valence-corrected chi connectivity index (χ3v) is 2.90. The molecule has 90 valence electrons. The second kappa shape index (κ2) is 7.09. The van der Waals surface area contributed by atoms with Gasteiger partial charge in [-0.2, -0.15) is 0 Å². The summed E-state index contributed by atoms with van der Waals surface area (Å²) in [4.78, 5) is 10.8. The third-order valence-electron chi connectivity index (χ3n) is 1.80. The average molecular weight is 246 g/mol. The Hall–Kier alpha value is -0.260. The molecule has 1 unspecified atom stereocenters. The number of carbonyl (C=O) groups excluding carboxylic acids is 1. The van der Waals surface area contributed by atoms with E-state index in [1.165, 1.54) is 0 Å². The highest BCUT2D eigenvalue weighted by atomic mass is 32.2. The summed E-state index contributed by atoms with van der Waals surface area (Å²) >= 11 is 0.948. The van der Waals surface area contributed by atoms with E-state index in [1.54, 1.807) is 6.92 Å². The maximum absolute atomic E-state index is 12.7. The predicted molar refractivity (Wildman–Crippen MR) is 52.8 cm³/mol. The molecule has 0 saturated carbocycles. The maximum Gasteiger partial charge on any atom is 0.281 e. The van der Waals surface area contributed by atoms with Gasteiger partial charge < -0.3 is 0 Å². The summed E-state index contributed by atoms with van der Waals surface area (Å²) in [5.74, 6) is -3.40. The van der Waals surface area contributed by atoms with Crippen LogP contribution in [0.15, 0.2) is 0 Å². The van der Waals surface area contributed by atoms with Gasteiger partial charge in [-0.25, -0.2) is 17.6 Å². The highest BCUT2D eigenvalue weighted by molar-refractivity contribution is 8.13. The van der Waals surface area contributed by atoms with Crippen molar-refractivity contribution < 1.29 is 22.4 Å². The van der Waals surface area contributed by atoms with Crippen molar-refractivity contribution in [3.8, 4) is 0 Å². The summed E-state index contributed by atoms with van der Waals surface area (Å²) < 4.78 is 49.5. The second-order valence-electron chi connectivity index (χ2n) is 3.06. The van der Waals surface area contributed by atoms with Gasteiger partial charge in [0.05, 0.1) is 0 Å². The van der Waals surface area contributed by atoms with Crippen molar-refractivity contribution in [2.24, 2.45) is 0 Å². The lowest BCUT2D eigenvalue weighted by Crippen LogP contribution is -2.31. The van der Waals surface area contributed by atoms with E-state index in [4.69, 9.17) is 0 Å². The quantitative estimate of drug-likeness (QED) is 0.506. The van der Waals surface area contributed by atoms with Crippen LogP contribution in [0.2, 0.25) is 0 Å². The summed E-state index contributed by atoms with van der Waals surface area (Å²) in [6.07, 6.45) is -3.10. The van der Waals surface area contributed by atoms with Gasteiger partial charge in [-0.15, -0.1) is 0 Å². The molecular formula is C9H14F4OS. The van der Waals surface area contributed by atoms with Crippen LogP contribution in [0.25, 0.3) is 0 Å². The molecule has 1 atom stereocenters. The summed E-state index contributed by atoms with van der Waals surface area (Å²) in [5, 5.41) is -0.0828. The molecule has 0 aliphatic carbocycles. The van der Waals surface area contributed by atoms with Gasteiger partial charge in [0.15, 0.2) is 11.3 Å². The number of hydrogen-bond donors (Lipinski definition) is 0. The van der Waals surface area contributed by atoms with Crippen LogP contribution in [0, 0.1) is 0 Å². The van der Waals surface area contributed by atoms with Crippen LogP contribution in [-0.2, 0) is 4.79 Å². The first kappa shape index (κ1) is 14.7. The largest absolute Gasteiger partial charge is 0.287 e. The Morgan fingerprint density at radius 1 is 1.47 bits per heavy atom. The summed E-state index contributed by atoms with van der Waals surface area (Å²) in [5.41, 5.74) is 0. The zero-order valence-corrected chi connectivity index (χ0v) is 9.26. The highest BCUT2D eigenvalue weighted by Gasteiger charge is 2.39. The van der Waals surface area contributed by atoms with Gasteiger partial charge >= 0.3 is 0 Å². The van der Waals surface area contributed by atoms with Crippen LogP contribution in [0.1, 0.15) is 26.2 Å². The minimum absolute atomic E-state index is 0.00380. The lowest BCUT2D eigenvalue weighted by Gasteiger charge is -2.17. The van der Waals surface area contributed by atoms with E-state index in [9.17, 15) is 22.4 Å². The fraction of sp³-hybridized carbons (Fsp3) is 0.889. The van der Waals surface area contributed by atoms with Crippen LogP contribution in [0.5, 0.6) is 0 Å². The summed E-state index contributed by atoms with van der Waals surface area (Å²) in [6.45, 7) is -0.00132. The monoisotopic (exact) mass is 246 g/mol. The minimum Gasteiger partial charge on any atom is -0.287 e. The zero-order valence-electron chi connectivity index (χ0n) is 8.44. The molecule has 0 radical (unpaired) electrons. The Morgan fingerprint density at radius 2 is 2.07 bits per heavy atom. The van der Waals surface area contributed by atoms with Crippen LogP contribution in [0.4, 0.5) is 17.6 Å². The van der Waals surface area contributed by atoms with Crippen molar-refractivity contribution in [2.75, 3.05) is 12.4 Å². The molecule has 0 rings (SSSR count). The smallest absolute Gasteiger partial charge is 0.281 e. The average Bonchev–Trinajstić information content (AvgIpc) is 2.22. The van der Waals surface area contributed by atoms with Crippen molar-refractivity contribution in [1.29, 1.82) is 0 Å². The van der Waals surface area contributed by atoms with Gasteiger partial charge in [-0.05, 0) is 6.42 Å². The number of rotatable bonds is 7. The minimum atomic E-state index is -3.62. The van der Waals surface area contributed by atoms with Crippen molar-refractivity contribution in [1.82, 2.24) is 0 Å². The van der Waals surface area contributed by atoms with E-state index in [0.717, 1.165) is 11.8 Å². The zero-order chi connectivity index (χ0) is 11.9. The molecule has 15 heavy (non-hydrogen) atoms. The molecular weight excluding hydrogens is 232 g/mol. The van der Waals surface area contributed by atoms with E-state index in [-0.39, 0.29) is 17.3 Å². The summed E-state index contributed by atoms with van der Waals surface area (Å²) in [6, 6.07) is 0. The molecule has 0 aromatic carbocycles. The van der Waals surface area contributed by atoms with Crippen molar-refractivity contribution in [3.63, 3.8) is 0 Å². The van der Waals surface area contributed by atoms with Crippen molar-refractivity contribution in [2.45, 2.75) is 38.3 Å². The molecule has 0 fully saturated rings. The van der Waals surface area contributed by atoms with E-state index < -0.39 is 25.2 Å². The molecule has 0 aromatic heterocycles. The van der Waals surface area contributed by atoms with Crippen LogP contribution in [0.3, 0.4) is 0 Å². The second-order valence-corrected chi connectivity index (χ2v) is 4.21. The normalized spacial score (nSPS) is 13.9. The first-order chi connectivity index (χ1) is 6.94. The Balaban J connectivity index is 3.70. The first-order valence-corrected chi connectivity index (χ1v) is 5.66. The number of halogens is 4. The molecule has 0 N–H and O–H groups in total. The third kappa shape index (κ3) is 6.02. The number of thioether (sulfide) groups is 1. The fourth-order valence-corrected chi connectivity index (χ4v) is 1.59. The van der Waals surface area contributed by atoms with Gasteiger partial charge in [0.1, 0.15) is 6.67 Å². The molecule has 1 nitrogen and oxygen atoms in total. The van der Waals surface area contributed by atoms with Crippen LogP contribution >= 0.6 is 11.8 Å². The molecule has 0 aliphatic heterocycles. The summed E-state index contributed by atoms with van der Waals surface area (Å²) in [7, 11) is 0. The van der Waals surface area contributed by atoms with E-state index >= 15 is 0 Å². The Kier molecular flexibility index (Phi) is 6.96. The maximum atomic E-state index is 12.7. The van der Waals surface area contributed by atoms with Gasteiger partial charge in [0, 0.05) is 18.6 Å². The van der Waals surface area contributed by atoms with Gasteiger partial charge in [0.25, 0.3) is 5.92 Å².